The van der Waals surface area contributed by atoms with E-state index in [1.54, 1.807) is 39.0 Å². The SMILES string of the molecule is CC(C)(C)OC(=O)CC(OC=O)c1ccc2c(C#N)n[nH]c2c1. The molecule has 1 heterocycles. The van der Waals surface area contributed by atoms with E-state index in [9.17, 15) is 9.59 Å². The van der Waals surface area contributed by atoms with Crippen LogP contribution in [0.1, 0.15) is 44.6 Å². The van der Waals surface area contributed by atoms with E-state index in [2.05, 4.69) is 10.2 Å². The van der Waals surface area contributed by atoms with Crippen molar-refractivity contribution in [1.82, 2.24) is 10.2 Å². The lowest BCUT2D eigenvalue weighted by Gasteiger charge is -2.21. The zero-order valence-electron chi connectivity index (χ0n) is 13.1. The summed E-state index contributed by atoms with van der Waals surface area (Å²) in [5, 5.41) is 16.2. The molecule has 1 aromatic heterocycles. The van der Waals surface area contributed by atoms with E-state index in [-0.39, 0.29) is 12.1 Å². The van der Waals surface area contributed by atoms with Crippen molar-refractivity contribution in [2.45, 2.75) is 38.9 Å². The molecule has 7 nitrogen and oxygen atoms in total. The highest BCUT2D eigenvalue weighted by atomic mass is 16.6. The molecule has 1 unspecified atom stereocenters. The molecule has 1 atom stereocenters. The number of aromatic nitrogens is 2. The van der Waals surface area contributed by atoms with Gasteiger partial charge in [-0.05, 0) is 38.5 Å². The zero-order valence-corrected chi connectivity index (χ0v) is 13.1. The normalized spacial score (nSPS) is 12.4. The molecule has 1 aromatic carbocycles. The van der Waals surface area contributed by atoms with Crippen molar-refractivity contribution in [3.05, 3.63) is 29.5 Å². The van der Waals surface area contributed by atoms with Gasteiger partial charge in [0, 0.05) is 5.39 Å². The summed E-state index contributed by atoms with van der Waals surface area (Å²) in [6.45, 7) is 5.59. The first-order chi connectivity index (χ1) is 10.8. The van der Waals surface area contributed by atoms with Gasteiger partial charge in [-0.3, -0.25) is 14.7 Å². The summed E-state index contributed by atoms with van der Waals surface area (Å²) in [7, 11) is 0. The minimum atomic E-state index is -0.763. The number of aromatic amines is 1. The molecule has 0 spiro atoms. The maximum absolute atomic E-state index is 11.9. The minimum absolute atomic E-state index is 0.0965. The number of ether oxygens (including phenoxy) is 2. The van der Waals surface area contributed by atoms with Gasteiger partial charge in [-0.1, -0.05) is 6.07 Å². The number of rotatable bonds is 5. The van der Waals surface area contributed by atoms with Gasteiger partial charge in [-0.25, -0.2) is 0 Å². The smallest absolute Gasteiger partial charge is 0.310 e. The molecule has 1 N–H and O–H groups in total. The van der Waals surface area contributed by atoms with Gasteiger partial charge in [0.1, 0.15) is 17.8 Å². The summed E-state index contributed by atoms with van der Waals surface area (Å²) < 4.78 is 10.3. The van der Waals surface area contributed by atoms with Crippen molar-refractivity contribution in [3.8, 4) is 6.07 Å². The van der Waals surface area contributed by atoms with Crippen LogP contribution in [-0.4, -0.2) is 28.2 Å². The van der Waals surface area contributed by atoms with Crippen LogP contribution in [0.3, 0.4) is 0 Å². The average Bonchev–Trinajstić information content (AvgIpc) is 2.87. The average molecular weight is 315 g/mol. The first-order valence-corrected chi connectivity index (χ1v) is 7.03. The molecular formula is C16H17N3O4. The Balaban J connectivity index is 2.25. The number of nitrogens with zero attached hydrogens (tertiary/aromatic N) is 2. The Kier molecular flexibility index (Phi) is 4.65. The van der Waals surface area contributed by atoms with E-state index in [4.69, 9.17) is 14.7 Å². The van der Waals surface area contributed by atoms with Gasteiger partial charge in [-0.15, -0.1) is 0 Å². The van der Waals surface area contributed by atoms with Gasteiger partial charge in [0.25, 0.3) is 6.47 Å². The number of carbonyl (C=O) groups is 2. The summed E-state index contributed by atoms with van der Waals surface area (Å²) in [6, 6.07) is 7.06. The summed E-state index contributed by atoms with van der Waals surface area (Å²) >= 11 is 0. The summed E-state index contributed by atoms with van der Waals surface area (Å²) in [5.74, 6) is -0.466. The molecule has 0 aliphatic carbocycles. The molecule has 0 amide bonds. The number of esters is 1. The van der Waals surface area contributed by atoms with Gasteiger partial charge in [0.15, 0.2) is 5.69 Å². The van der Waals surface area contributed by atoms with E-state index in [1.165, 1.54) is 0 Å². The van der Waals surface area contributed by atoms with Gasteiger partial charge in [0.2, 0.25) is 0 Å². The highest BCUT2D eigenvalue weighted by molar-refractivity contribution is 5.84. The minimum Gasteiger partial charge on any atom is -0.460 e. The molecule has 0 aliphatic rings. The topological polar surface area (TPSA) is 105 Å². The number of fused-ring (bicyclic) bond motifs is 1. The molecular weight excluding hydrogens is 298 g/mol. The third kappa shape index (κ3) is 4.07. The molecule has 0 fully saturated rings. The molecule has 120 valence electrons. The molecule has 23 heavy (non-hydrogen) atoms. The largest absolute Gasteiger partial charge is 0.460 e. The number of carbonyl (C=O) groups excluding carboxylic acids is 2. The second-order valence-corrected chi connectivity index (χ2v) is 6.00. The lowest BCUT2D eigenvalue weighted by Crippen LogP contribution is -2.25. The Morgan fingerprint density at radius 2 is 2.22 bits per heavy atom. The number of hydrogen-bond acceptors (Lipinski definition) is 6. The Labute approximate surface area is 133 Å². The zero-order chi connectivity index (χ0) is 17.0. The van der Waals surface area contributed by atoms with Crippen molar-refractivity contribution >= 4 is 23.3 Å². The fraction of sp³-hybridized carbons (Fsp3) is 0.375. The maximum Gasteiger partial charge on any atom is 0.310 e. The van der Waals surface area contributed by atoms with Crippen molar-refractivity contribution < 1.29 is 19.1 Å². The third-order valence-corrected chi connectivity index (χ3v) is 3.06. The first-order valence-electron chi connectivity index (χ1n) is 7.03. The second kappa shape index (κ2) is 6.48. The molecule has 0 saturated carbocycles. The van der Waals surface area contributed by atoms with Gasteiger partial charge in [0.05, 0.1) is 11.9 Å². The van der Waals surface area contributed by atoms with E-state index in [0.717, 1.165) is 0 Å². The molecule has 0 saturated heterocycles. The quantitative estimate of drug-likeness (QED) is 0.671. The first kappa shape index (κ1) is 16.5. The summed E-state index contributed by atoms with van der Waals surface area (Å²) in [4.78, 5) is 22.7. The number of nitriles is 1. The predicted octanol–water partition coefficient (Wildman–Crippen LogP) is 2.38. The van der Waals surface area contributed by atoms with Crippen molar-refractivity contribution in [3.63, 3.8) is 0 Å². The maximum atomic E-state index is 11.9. The fourth-order valence-corrected chi connectivity index (χ4v) is 2.17. The lowest BCUT2D eigenvalue weighted by molar-refractivity contribution is -0.158. The molecule has 2 rings (SSSR count). The van der Waals surface area contributed by atoms with Crippen LogP contribution in [0, 0.1) is 11.3 Å². The van der Waals surface area contributed by atoms with Gasteiger partial charge >= 0.3 is 5.97 Å². The second-order valence-electron chi connectivity index (χ2n) is 6.00. The highest BCUT2D eigenvalue weighted by Gasteiger charge is 2.23. The summed E-state index contributed by atoms with van der Waals surface area (Å²) in [6.07, 6.45) is -0.860. The van der Waals surface area contributed by atoms with E-state index in [1.807, 2.05) is 6.07 Å². The van der Waals surface area contributed by atoms with E-state index < -0.39 is 17.7 Å². The number of hydrogen-bond donors (Lipinski definition) is 1. The Bertz CT molecular complexity index is 768. The van der Waals surface area contributed by atoms with Crippen LogP contribution >= 0.6 is 0 Å². The van der Waals surface area contributed by atoms with E-state index >= 15 is 0 Å². The van der Waals surface area contributed by atoms with Crippen LogP contribution in [-0.2, 0) is 19.1 Å². The Hall–Kier alpha value is -2.88. The standard InChI is InChI=1S/C16H17N3O4/c1-16(2,3)23-15(21)7-14(22-9-20)10-4-5-11-12(6-10)18-19-13(11)8-17/h4-6,9,14H,7H2,1-3H3,(H,18,19). The number of nitrogens with one attached hydrogen (secondary N) is 1. The molecule has 0 aliphatic heterocycles. The molecule has 2 aromatic rings. The Morgan fingerprint density at radius 1 is 1.48 bits per heavy atom. The van der Waals surface area contributed by atoms with Crippen molar-refractivity contribution in [2.24, 2.45) is 0 Å². The van der Waals surface area contributed by atoms with Crippen LogP contribution in [0.25, 0.3) is 10.9 Å². The molecule has 7 heteroatoms. The van der Waals surface area contributed by atoms with E-state index in [0.29, 0.717) is 22.9 Å². The van der Waals surface area contributed by atoms with Gasteiger partial charge in [-0.2, -0.15) is 10.4 Å². The predicted molar refractivity (Wildman–Crippen MR) is 81.2 cm³/mol. The monoisotopic (exact) mass is 315 g/mol. The molecule has 0 radical (unpaired) electrons. The van der Waals surface area contributed by atoms with Crippen molar-refractivity contribution in [1.29, 1.82) is 5.26 Å². The third-order valence-electron chi connectivity index (χ3n) is 3.06. The highest BCUT2D eigenvalue weighted by Crippen LogP contribution is 2.26. The number of H-pyrrole nitrogens is 1. The van der Waals surface area contributed by atoms with Crippen LogP contribution < -0.4 is 0 Å². The van der Waals surface area contributed by atoms with Crippen molar-refractivity contribution in [2.75, 3.05) is 0 Å². The molecule has 0 bridgehead atoms. The lowest BCUT2D eigenvalue weighted by atomic mass is 10.0. The van der Waals surface area contributed by atoms with Gasteiger partial charge < -0.3 is 9.47 Å². The van der Waals surface area contributed by atoms with Crippen LogP contribution in [0.5, 0.6) is 0 Å². The summed E-state index contributed by atoms with van der Waals surface area (Å²) in [5.41, 5.74) is 0.913. The van der Waals surface area contributed by atoms with Crippen LogP contribution in [0.2, 0.25) is 0 Å². The van der Waals surface area contributed by atoms with Crippen LogP contribution in [0.4, 0.5) is 0 Å². The number of benzene rings is 1. The van der Waals surface area contributed by atoms with Crippen LogP contribution in [0.15, 0.2) is 18.2 Å². The Morgan fingerprint density at radius 3 is 2.83 bits per heavy atom. The fourth-order valence-electron chi connectivity index (χ4n) is 2.17.